The smallest absolute Gasteiger partial charge is 0.264 e. The van der Waals surface area contributed by atoms with Crippen LogP contribution in [-0.4, -0.2) is 52.1 Å². The number of ether oxygens (including phenoxy) is 1. The summed E-state index contributed by atoms with van der Waals surface area (Å²) in [7, 11) is 1.70. The minimum atomic E-state index is -0.438. The third-order valence-corrected chi connectivity index (χ3v) is 5.06. The summed E-state index contributed by atoms with van der Waals surface area (Å²) in [5.41, 5.74) is 0.227. The van der Waals surface area contributed by atoms with Crippen LogP contribution < -0.4 is 5.56 Å². The summed E-state index contributed by atoms with van der Waals surface area (Å²) in [6.45, 7) is 3.31. The van der Waals surface area contributed by atoms with Crippen LogP contribution in [0.1, 0.15) is 41.0 Å². The van der Waals surface area contributed by atoms with Crippen molar-refractivity contribution in [3.05, 3.63) is 32.5 Å². The number of carbonyl (C=O) groups excluding carboxylic acids is 1. The summed E-state index contributed by atoms with van der Waals surface area (Å²) in [4.78, 5) is 37.4. The van der Waals surface area contributed by atoms with Crippen LogP contribution in [0.3, 0.4) is 0 Å². The molecule has 7 nitrogen and oxygen atoms in total. The number of aryl methyl sites for hydroxylation is 1. The predicted octanol–water partition coefficient (Wildman–Crippen LogP) is 2.23. The predicted molar refractivity (Wildman–Crippen MR) is 95.9 cm³/mol. The lowest BCUT2D eigenvalue weighted by molar-refractivity contribution is 0.0761. The number of carbonyl (C=O) groups is 1. The number of nitrogens with zero attached hydrogens (tertiary/aromatic N) is 3. The first-order valence-electron chi connectivity index (χ1n) is 8.43. The number of thiazole rings is 1. The van der Waals surface area contributed by atoms with Crippen molar-refractivity contribution in [1.29, 1.82) is 0 Å². The standard InChI is InChI=1S/C17H22N4O3S/c1-11-19-14(10-25-11)15-18-9-13(16(22)20-15)17(23)21(2)7-3-5-12-6-4-8-24-12/h9-10,12H,3-8H2,1-2H3,(H,18,20,22)/t12-/m0/s1. The Balaban J connectivity index is 1.61. The highest BCUT2D eigenvalue weighted by Crippen LogP contribution is 2.18. The molecule has 0 aromatic carbocycles. The fourth-order valence-electron chi connectivity index (χ4n) is 2.88. The van der Waals surface area contributed by atoms with Gasteiger partial charge in [0.1, 0.15) is 11.3 Å². The molecule has 0 spiro atoms. The molecule has 0 aliphatic carbocycles. The molecular weight excluding hydrogens is 340 g/mol. The number of hydrogen-bond donors (Lipinski definition) is 1. The van der Waals surface area contributed by atoms with Gasteiger partial charge in [0.25, 0.3) is 11.5 Å². The van der Waals surface area contributed by atoms with E-state index < -0.39 is 5.56 Å². The molecule has 0 bridgehead atoms. The molecule has 2 aromatic heterocycles. The van der Waals surface area contributed by atoms with Crippen LogP contribution in [0.25, 0.3) is 11.5 Å². The highest BCUT2D eigenvalue weighted by atomic mass is 32.1. The Morgan fingerprint density at radius 3 is 3.00 bits per heavy atom. The zero-order valence-electron chi connectivity index (χ0n) is 14.4. The van der Waals surface area contributed by atoms with Gasteiger partial charge in [-0.25, -0.2) is 9.97 Å². The molecule has 1 atom stereocenters. The first kappa shape index (κ1) is 17.8. The first-order chi connectivity index (χ1) is 12.0. The molecule has 1 aliphatic rings. The number of hydrogen-bond acceptors (Lipinski definition) is 6. The van der Waals surface area contributed by atoms with Crippen LogP contribution in [-0.2, 0) is 4.74 Å². The summed E-state index contributed by atoms with van der Waals surface area (Å²) in [5.74, 6) is 0.0639. The molecule has 1 N–H and O–H groups in total. The molecule has 25 heavy (non-hydrogen) atoms. The Kier molecular flexibility index (Phi) is 5.60. The molecule has 2 aromatic rings. The fraction of sp³-hybridized carbons (Fsp3) is 0.529. The topological polar surface area (TPSA) is 88.2 Å². The highest BCUT2D eigenvalue weighted by Gasteiger charge is 2.19. The van der Waals surface area contributed by atoms with Crippen molar-refractivity contribution >= 4 is 17.2 Å². The average Bonchev–Trinajstić information content (AvgIpc) is 3.25. The maximum absolute atomic E-state index is 12.5. The molecule has 0 radical (unpaired) electrons. The summed E-state index contributed by atoms with van der Waals surface area (Å²) < 4.78 is 5.58. The van der Waals surface area contributed by atoms with Crippen LogP contribution in [0, 0.1) is 6.92 Å². The summed E-state index contributed by atoms with van der Waals surface area (Å²) >= 11 is 1.48. The Morgan fingerprint density at radius 2 is 2.36 bits per heavy atom. The van der Waals surface area contributed by atoms with Gasteiger partial charge in [-0.2, -0.15) is 0 Å². The van der Waals surface area contributed by atoms with E-state index in [9.17, 15) is 9.59 Å². The fourth-order valence-corrected chi connectivity index (χ4v) is 3.48. The second kappa shape index (κ2) is 7.88. The number of aromatic nitrogens is 3. The largest absolute Gasteiger partial charge is 0.378 e. The molecule has 3 heterocycles. The van der Waals surface area contributed by atoms with Gasteiger partial charge >= 0.3 is 0 Å². The van der Waals surface area contributed by atoms with Crippen LogP contribution in [0.4, 0.5) is 0 Å². The lowest BCUT2D eigenvalue weighted by Crippen LogP contribution is -2.33. The van der Waals surface area contributed by atoms with Crippen LogP contribution in [0.15, 0.2) is 16.4 Å². The van der Waals surface area contributed by atoms with Gasteiger partial charge in [0.05, 0.1) is 11.1 Å². The van der Waals surface area contributed by atoms with E-state index in [0.29, 0.717) is 24.2 Å². The van der Waals surface area contributed by atoms with Crippen LogP contribution in [0.5, 0.6) is 0 Å². The van der Waals surface area contributed by atoms with Crippen LogP contribution >= 0.6 is 11.3 Å². The molecule has 3 rings (SSSR count). The minimum Gasteiger partial charge on any atom is -0.378 e. The van der Waals surface area contributed by atoms with E-state index >= 15 is 0 Å². The zero-order valence-corrected chi connectivity index (χ0v) is 15.3. The lowest BCUT2D eigenvalue weighted by Gasteiger charge is -2.17. The van der Waals surface area contributed by atoms with Gasteiger partial charge < -0.3 is 14.6 Å². The van der Waals surface area contributed by atoms with E-state index in [1.807, 2.05) is 12.3 Å². The van der Waals surface area contributed by atoms with Gasteiger partial charge in [0, 0.05) is 31.8 Å². The van der Waals surface area contributed by atoms with Crippen molar-refractivity contribution in [2.45, 2.75) is 38.7 Å². The SMILES string of the molecule is Cc1nc(-c2ncc(C(=O)N(C)CCC[C@H]3CCCO3)c(=O)[nH]2)cs1. The second-order valence-electron chi connectivity index (χ2n) is 6.23. The van der Waals surface area contributed by atoms with E-state index in [0.717, 1.165) is 37.3 Å². The van der Waals surface area contributed by atoms with Crippen molar-refractivity contribution in [2.24, 2.45) is 0 Å². The summed E-state index contributed by atoms with van der Waals surface area (Å²) in [6, 6.07) is 0. The lowest BCUT2D eigenvalue weighted by atomic mass is 10.1. The van der Waals surface area contributed by atoms with Crippen molar-refractivity contribution in [3.8, 4) is 11.5 Å². The molecule has 1 fully saturated rings. The number of rotatable bonds is 6. The molecule has 1 amide bonds. The Hall–Kier alpha value is -2.06. The third kappa shape index (κ3) is 4.32. The first-order valence-corrected chi connectivity index (χ1v) is 9.31. The monoisotopic (exact) mass is 362 g/mol. The van der Waals surface area contributed by atoms with E-state index in [4.69, 9.17) is 4.74 Å². The third-order valence-electron chi connectivity index (χ3n) is 4.28. The minimum absolute atomic E-state index is 0.0512. The second-order valence-corrected chi connectivity index (χ2v) is 7.29. The Labute approximate surface area is 150 Å². The molecule has 134 valence electrons. The molecule has 1 aliphatic heterocycles. The van der Waals surface area contributed by atoms with Crippen molar-refractivity contribution < 1.29 is 9.53 Å². The van der Waals surface area contributed by atoms with E-state index in [1.165, 1.54) is 17.5 Å². The highest BCUT2D eigenvalue weighted by molar-refractivity contribution is 7.09. The molecule has 1 saturated heterocycles. The van der Waals surface area contributed by atoms with E-state index in [2.05, 4.69) is 15.0 Å². The summed E-state index contributed by atoms with van der Waals surface area (Å²) in [6.07, 6.45) is 5.66. The van der Waals surface area contributed by atoms with Gasteiger partial charge in [-0.15, -0.1) is 11.3 Å². The molecular formula is C17H22N4O3S. The van der Waals surface area contributed by atoms with Crippen LogP contribution in [0.2, 0.25) is 0 Å². The van der Waals surface area contributed by atoms with Crippen molar-refractivity contribution in [3.63, 3.8) is 0 Å². The van der Waals surface area contributed by atoms with E-state index in [-0.39, 0.29) is 11.5 Å². The maximum atomic E-state index is 12.5. The van der Waals surface area contributed by atoms with Gasteiger partial charge in [-0.1, -0.05) is 0 Å². The number of H-pyrrole nitrogens is 1. The maximum Gasteiger partial charge on any atom is 0.264 e. The Bertz CT molecular complexity index is 795. The zero-order chi connectivity index (χ0) is 17.8. The van der Waals surface area contributed by atoms with Crippen molar-refractivity contribution in [2.75, 3.05) is 20.2 Å². The number of aromatic amines is 1. The average molecular weight is 362 g/mol. The quantitative estimate of drug-likeness (QED) is 0.851. The van der Waals surface area contributed by atoms with Gasteiger partial charge in [0.15, 0.2) is 5.82 Å². The normalized spacial score (nSPS) is 17.0. The van der Waals surface area contributed by atoms with Crippen molar-refractivity contribution in [1.82, 2.24) is 19.9 Å². The van der Waals surface area contributed by atoms with Gasteiger partial charge in [-0.05, 0) is 32.6 Å². The summed E-state index contributed by atoms with van der Waals surface area (Å²) in [5, 5.41) is 2.72. The molecule has 8 heteroatoms. The molecule has 0 saturated carbocycles. The number of amides is 1. The van der Waals surface area contributed by atoms with Gasteiger partial charge in [-0.3, -0.25) is 9.59 Å². The number of nitrogens with one attached hydrogen (secondary N) is 1. The van der Waals surface area contributed by atoms with Gasteiger partial charge in [0.2, 0.25) is 0 Å². The Morgan fingerprint density at radius 1 is 1.52 bits per heavy atom. The molecule has 0 unspecified atom stereocenters. The van der Waals surface area contributed by atoms with E-state index in [1.54, 1.807) is 11.9 Å².